The van der Waals surface area contributed by atoms with Crippen molar-refractivity contribution in [3.05, 3.63) is 54.2 Å². The second-order valence-electron chi connectivity index (χ2n) is 4.50. The Morgan fingerprint density at radius 2 is 1.95 bits per heavy atom. The minimum atomic E-state index is 0.594. The summed E-state index contributed by atoms with van der Waals surface area (Å²) >= 11 is 0. The van der Waals surface area contributed by atoms with Crippen LogP contribution in [-0.4, -0.2) is 17.3 Å². The van der Waals surface area contributed by atoms with Crippen LogP contribution in [0.5, 0.6) is 5.75 Å². The van der Waals surface area contributed by atoms with Crippen molar-refractivity contribution in [2.24, 2.45) is 0 Å². The van der Waals surface area contributed by atoms with Gasteiger partial charge in [-0.1, -0.05) is 23.4 Å². The van der Waals surface area contributed by atoms with E-state index < -0.39 is 0 Å². The van der Waals surface area contributed by atoms with Gasteiger partial charge in [0.25, 0.3) is 0 Å². The lowest BCUT2D eigenvalue weighted by atomic mass is 10.1. The minimum absolute atomic E-state index is 0.594. The number of ether oxygens (including phenoxy) is 1. The predicted molar refractivity (Wildman–Crippen MR) is 75.3 cm³/mol. The summed E-state index contributed by atoms with van der Waals surface area (Å²) in [6.45, 7) is 1.35. The summed E-state index contributed by atoms with van der Waals surface area (Å²) in [6, 6.07) is 12.4. The molecule has 0 saturated heterocycles. The topological polar surface area (TPSA) is 60.2 Å². The Labute approximate surface area is 116 Å². The second-order valence-corrected chi connectivity index (χ2v) is 4.50. The van der Waals surface area contributed by atoms with Crippen LogP contribution in [0.4, 0.5) is 0 Å². The first-order chi connectivity index (χ1) is 9.85. The molecule has 0 fully saturated rings. The summed E-state index contributed by atoms with van der Waals surface area (Å²) < 4.78 is 9.91. The number of fused-ring (bicyclic) bond motifs is 1. The zero-order valence-electron chi connectivity index (χ0n) is 11.2. The highest BCUT2D eigenvalue weighted by Crippen LogP contribution is 2.21. The summed E-state index contributed by atoms with van der Waals surface area (Å²) in [6.07, 6.45) is 1.33. The molecule has 0 aliphatic rings. The van der Waals surface area contributed by atoms with Crippen molar-refractivity contribution in [3.8, 4) is 5.75 Å². The molecule has 2 aromatic carbocycles. The maximum Gasteiger partial charge on any atom is 0.213 e. The second kappa shape index (κ2) is 5.71. The van der Waals surface area contributed by atoms with Gasteiger partial charge in [0.05, 0.1) is 13.7 Å². The van der Waals surface area contributed by atoms with E-state index in [2.05, 4.69) is 44.2 Å². The summed E-state index contributed by atoms with van der Waals surface area (Å²) in [5.41, 5.74) is 1.21. The first-order valence-corrected chi connectivity index (χ1v) is 6.38. The van der Waals surface area contributed by atoms with Crippen LogP contribution in [0, 0.1) is 0 Å². The van der Waals surface area contributed by atoms with Gasteiger partial charge in [-0.2, -0.15) is 4.98 Å². The fourth-order valence-electron chi connectivity index (χ4n) is 2.10. The highest BCUT2D eigenvalue weighted by Gasteiger charge is 2.01. The Hall–Kier alpha value is -2.40. The van der Waals surface area contributed by atoms with E-state index in [0.29, 0.717) is 12.4 Å². The van der Waals surface area contributed by atoms with E-state index in [9.17, 15) is 0 Å². The van der Waals surface area contributed by atoms with Crippen molar-refractivity contribution in [2.45, 2.75) is 13.1 Å². The molecule has 20 heavy (non-hydrogen) atoms. The van der Waals surface area contributed by atoms with Gasteiger partial charge in [0.1, 0.15) is 5.75 Å². The lowest BCUT2D eigenvalue weighted by Crippen LogP contribution is -2.13. The molecule has 3 rings (SSSR count). The molecule has 0 aliphatic heterocycles. The average Bonchev–Trinajstić information content (AvgIpc) is 3.00. The lowest BCUT2D eigenvalue weighted by Gasteiger charge is -2.06. The summed E-state index contributed by atoms with van der Waals surface area (Å²) in [4.78, 5) is 3.96. The van der Waals surface area contributed by atoms with Gasteiger partial charge in [0.15, 0.2) is 5.82 Å². The quantitative estimate of drug-likeness (QED) is 0.771. The van der Waals surface area contributed by atoms with Crippen molar-refractivity contribution in [2.75, 3.05) is 7.11 Å². The zero-order chi connectivity index (χ0) is 13.8. The largest absolute Gasteiger partial charge is 0.497 e. The normalized spacial score (nSPS) is 10.8. The zero-order valence-corrected chi connectivity index (χ0v) is 11.2. The van der Waals surface area contributed by atoms with Gasteiger partial charge in [0, 0.05) is 6.54 Å². The Morgan fingerprint density at radius 1 is 1.10 bits per heavy atom. The Morgan fingerprint density at radius 3 is 2.75 bits per heavy atom. The van der Waals surface area contributed by atoms with E-state index >= 15 is 0 Å². The lowest BCUT2D eigenvalue weighted by molar-refractivity contribution is 0.407. The molecule has 0 atom stereocenters. The van der Waals surface area contributed by atoms with Crippen LogP contribution in [0.3, 0.4) is 0 Å². The van der Waals surface area contributed by atoms with Gasteiger partial charge >= 0.3 is 0 Å². The molecular weight excluding hydrogens is 254 g/mol. The molecule has 0 saturated carbocycles. The van der Waals surface area contributed by atoms with Crippen LogP contribution < -0.4 is 10.1 Å². The predicted octanol–water partition coefficient (Wildman–Crippen LogP) is 2.52. The molecule has 0 spiro atoms. The van der Waals surface area contributed by atoms with Gasteiger partial charge in [-0.3, -0.25) is 0 Å². The average molecular weight is 269 g/mol. The smallest absolute Gasteiger partial charge is 0.213 e. The highest BCUT2D eigenvalue weighted by atomic mass is 16.5. The molecule has 0 unspecified atom stereocenters. The SMILES string of the molecule is COc1ccc2cc(CNCc3ncon3)ccc2c1. The summed E-state index contributed by atoms with van der Waals surface area (Å²) in [7, 11) is 1.68. The van der Waals surface area contributed by atoms with E-state index in [1.165, 1.54) is 22.7 Å². The molecule has 0 aliphatic carbocycles. The third kappa shape index (κ3) is 2.78. The third-order valence-corrected chi connectivity index (χ3v) is 3.13. The maximum absolute atomic E-state index is 5.22. The van der Waals surface area contributed by atoms with Crippen molar-refractivity contribution in [3.63, 3.8) is 0 Å². The molecule has 3 aromatic rings. The molecule has 5 nitrogen and oxygen atoms in total. The van der Waals surface area contributed by atoms with Crippen LogP contribution in [0.2, 0.25) is 0 Å². The van der Waals surface area contributed by atoms with Gasteiger partial charge in [-0.15, -0.1) is 0 Å². The Kier molecular flexibility index (Phi) is 3.60. The van der Waals surface area contributed by atoms with Crippen LogP contribution in [0.1, 0.15) is 11.4 Å². The first kappa shape index (κ1) is 12.6. The number of nitrogens with one attached hydrogen (secondary N) is 1. The number of hydrogen-bond donors (Lipinski definition) is 1. The Bertz CT molecular complexity index is 695. The van der Waals surface area contributed by atoms with Crippen molar-refractivity contribution < 1.29 is 9.26 Å². The van der Waals surface area contributed by atoms with Gasteiger partial charge in [-0.25, -0.2) is 0 Å². The molecule has 5 heteroatoms. The molecule has 0 radical (unpaired) electrons. The number of aromatic nitrogens is 2. The monoisotopic (exact) mass is 269 g/mol. The van der Waals surface area contributed by atoms with Crippen molar-refractivity contribution in [1.29, 1.82) is 0 Å². The number of nitrogens with zero attached hydrogens (tertiary/aromatic N) is 2. The van der Waals surface area contributed by atoms with Crippen LogP contribution in [0.15, 0.2) is 47.3 Å². The molecule has 1 aromatic heterocycles. The van der Waals surface area contributed by atoms with Crippen molar-refractivity contribution >= 4 is 10.8 Å². The molecule has 102 valence electrons. The number of methoxy groups -OCH3 is 1. The number of benzene rings is 2. The van der Waals surface area contributed by atoms with E-state index in [0.717, 1.165) is 12.3 Å². The van der Waals surface area contributed by atoms with Gasteiger partial charge in [-0.05, 0) is 34.5 Å². The summed E-state index contributed by atoms with van der Waals surface area (Å²) in [5.74, 6) is 1.54. The van der Waals surface area contributed by atoms with E-state index in [4.69, 9.17) is 4.74 Å². The fourth-order valence-corrected chi connectivity index (χ4v) is 2.10. The summed E-state index contributed by atoms with van der Waals surface area (Å²) in [5, 5.41) is 9.41. The molecule has 1 heterocycles. The van der Waals surface area contributed by atoms with Crippen LogP contribution >= 0.6 is 0 Å². The third-order valence-electron chi connectivity index (χ3n) is 3.13. The number of hydrogen-bond acceptors (Lipinski definition) is 5. The van der Waals surface area contributed by atoms with Gasteiger partial charge < -0.3 is 14.6 Å². The number of rotatable bonds is 5. The first-order valence-electron chi connectivity index (χ1n) is 6.38. The highest BCUT2D eigenvalue weighted by molar-refractivity contribution is 5.84. The van der Waals surface area contributed by atoms with E-state index in [1.807, 2.05) is 12.1 Å². The maximum atomic E-state index is 5.22. The van der Waals surface area contributed by atoms with Crippen LogP contribution in [-0.2, 0) is 13.1 Å². The van der Waals surface area contributed by atoms with Gasteiger partial charge in [0.2, 0.25) is 6.39 Å². The van der Waals surface area contributed by atoms with E-state index in [-0.39, 0.29) is 0 Å². The molecule has 1 N–H and O–H groups in total. The molecule has 0 amide bonds. The molecular formula is C15H15N3O2. The minimum Gasteiger partial charge on any atom is -0.497 e. The molecule has 0 bridgehead atoms. The fraction of sp³-hybridized carbons (Fsp3) is 0.200. The van der Waals surface area contributed by atoms with Crippen LogP contribution in [0.25, 0.3) is 10.8 Å². The standard InChI is InChI=1S/C15H15N3O2/c1-19-14-5-4-12-6-11(2-3-13(12)7-14)8-16-9-15-17-10-20-18-15/h2-7,10,16H,8-9H2,1H3. The van der Waals surface area contributed by atoms with E-state index in [1.54, 1.807) is 7.11 Å². The Balaban J connectivity index is 1.69. The van der Waals surface area contributed by atoms with Crippen molar-refractivity contribution in [1.82, 2.24) is 15.5 Å².